The van der Waals surface area contributed by atoms with Crippen LogP contribution in [0.1, 0.15) is 74.7 Å². The van der Waals surface area contributed by atoms with Crippen LogP contribution >= 0.6 is 0 Å². The molecule has 0 aliphatic carbocycles. The van der Waals surface area contributed by atoms with Crippen LogP contribution in [0.3, 0.4) is 0 Å². The second-order valence-corrected chi connectivity index (χ2v) is 12.3. The first kappa shape index (κ1) is 36.6. The maximum atomic E-state index is 11.9. The van der Waals surface area contributed by atoms with Gasteiger partial charge in [0.15, 0.2) is 0 Å². The number of rotatable bonds is 16. The van der Waals surface area contributed by atoms with Gasteiger partial charge in [-0.2, -0.15) is 0 Å². The van der Waals surface area contributed by atoms with Crippen LogP contribution in [-0.2, 0) is 14.3 Å². The van der Waals surface area contributed by atoms with E-state index in [4.69, 9.17) is 15.2 Å². The molecular formula is C33H55NO7. The van der Waals surface area contributed by atoms with Gasteiger partial charge in [0, 0.05) is 29.6 Å². The number of hydrogen-bond donors (Lipinski definition) is 4. The Morgan fingerprint density at radius 1 is 1.07 bits per heavy atom. The number of aliphatic hydroxyl groups is 3. The van der Waals surface area contributed by atoms with E-state index in [0.29, 0.717) is 19.3 Å². The molecule has 0 aromatic rings. The van der Waals surface area contributed by atoms with Gasteiger partial charge in [0.1, 0.15) is 12.2 Å². The van der Waals surface area contributed by atoms with Crippen LogP contribution in [0.25, 0.3) is 0 Å². The third-order valence-electron chi connectivity index (χ3n) is 8.56. The summed E-state index contributed by atoms with van der Waals surface area (Å²) in [5, 5.41) is 32.3. The Morgan fingerprint density at radius 2 is 1.71 bits per heavy atom. The summed E-state index contributed by atoms with van der Waals surface area (Å²) in [5.41, 5.74) is 6.36. The predicted octanol–water partition coefficient (Wildman–Crippen LogP) is 5.33. The van der Waals surface area contributed by atoms with Gasteiger partial charge < -0.3 is 30.5 Å². The molecule has 5 N–H and O–H groups in total. The van der Waals surface area contributed by atoms with E-state index in [1.54, 1.807) is 19.1 Å². The molecule has 8 heteroatoms. The van der Waals surface area contributed by atoms with Crippen molar-refractivity contribution in [2.24, 2.45) is 47.2 Å². The van der Waals surface area contributed by atoms with Crippen molar-refractivity contribution >= 4 is 12.1 Å². The van der Waals surface area contributed by atoms with Crippen LogP contribution in [0, 0.1) is 41.4 Å². The van der Waals surface area contributed by atoms with Crippen molar-refractivity contribution in [1.29, 1.82) is 0 Å². The molecule has 1 amide bonds. The number of esters is 1. The summed E-state index contributed by atoms with van der Waals surface area (Å²) in [5.74, 6) is -1.79. The molecule has 0 aromatic carbocycles. The summed E-state index contributed by atoms with van der Waals surface area (Å²) in [6.45, 7) is 18.9. The molecule has 234 valence electrons. The lowest BCUT2D eigenvalue weighted by atomic mass is 9.81. The molecule has 0 radical (unpaired) electrons. The third-order valence-corrected chi connectivity index (χ3v) is 8.56. The molecule has 1 aliphatic rings. The molecule has 0 unspecified atom stereocenters. The van der Waals surface area contributed by atoms with Crippen LogP contribution in [0.2, 0.25) is 0 Å². The fraction of sp³-hybridized carbons (Fsp3) is 0.697. The number of nitrogens with two attached hydrogens (primary N) is 1. The molecule has 0 aromatic heterocycles. The van der Waals surface area contributed by atoms with Gasteiger partial charge >= 0.3 is 12.1 Å². The lowest BCUT2D eigenvalue weighted by Gasteiger charge is -2.36. The van der Waals surface area contributed by atoms with Crippen LogP contribution in [0.4, 0.5) is 4.79 Å². The maximum absolute atomic E-state index is 11.9. The Bertz CT molecular complexity index is 929. The number of hydrogen-bond acceptors (Lipinski definition) is 7. The molecule has 1 aliphatic heterocycles. The molecule has 1 saturated heterocycles. The number of aliphatic hydroxyl groups excluding tert-OH is 3. The van der Waals surface area contributed by atoms with E-state index in [9.17, 15) is 24.9 Å². The number of primary amides is 1. The van der Waals surface area contributed by atoms with Gasteiger partial charge in [0.05, 0.1) is 24.2 Å². The van der Waals surface area contributed by atoms with E-state index in [1.165, 1.54) is 0 Å². The smallest absolute Gasteiger partial charge is 0.404 e. The first-order chi connectivity index (χ1) is 19.1. The highest BCUT2D eigenvalue weighted by molar-refractivity contribution is 5.73. The first-order valence-electron chi connectivity index (χ1n) is 15.0. The third kappa shape index (κ3) is 11.4. The second kappa shape index (κ2) is 17.5. The van der Waals surface area contributed by atoms with Crippen molar-refractivity contribution in [2.45, 2.75) is 105 Å². The molecule has 1 heterocycles. The van der Waals surface area contributed by atoms with Gasteiger partial charge in [-0.3, -0.25) is 4.79 Å². The summed E-state index contributed by atoms with van der Waals surface area (Å²) in [6.07, 6.45) is 9.44. The Labute approximate surface area is 247 Å². The minimum absolute atomic E-state index is 0.0918. The van der Waals surface area contributed by atoms with Gasteiger partial charge in [-0.25, -0.2) is 4.79 Å². The Hall–Kier alpha value is -2.42. The molecule has 1 rings (SSSR count). The van der Waals surface area contributed by atoms with E-state index in [1.807, 2.05) is 72.8 Å². The van der Waals surface area contributed by atoms with E-state index in [2.05, 4.69) is 6.58 Å². The topological polar surface area (TPSA) is 139 Å². The monoisotopic (exact) mass is 577 g/mol. The summed E-state index contributed by atoms with van der Waals surface area (Å²) in [6, 6.07) is 0. The van der Waals surface area contributed by atoms with Crippen LogP contribution in [-0.4, -0.2) is 57.9 Å². The SMILES string of the molecule is C=CC=C[C@H](C)[C@H](OC(N)=O)[C@@H](C)[C@H](O)[C@@H](C)CC(C)=C[C@H](C)[C@@H](O)[C@@H](C)C=CCC[C@@H]1OC(=O)[C@H](C)[C@@H](O)[C@H]1C. The van der Waals surface area contributed by atoms with Crippen molar-refractivity contribution in [1.82, 2.24) is 0 Å². The molecule has 1 fully saturated rings. The number of ether oxygens (including phenoxy) is 2. The predicted molar refractivity (Wildman–Crippen MR) is 163 cm³/mol. The summed E-state index contributed by atoms with van der Waals surface area (Å²) >= 11 is 0. The normalized spacial score (nSPS) is 27.9. The molecule has 0 saturated carbocycles. The van der Waals surface area contributed by atoms with Gasteiger partial charge in [0.2, 0.25) is 0 Å². The molecule has 41 heavy (non-hydrogen) atoms. The van der Waals surface area contributed by atoms with Crippen LogP contribution in [0.15, 0.2) is 48.6 Å². The summed E-state index contributed by atoms with van der Waals surface area (Å²) in [4.78, 5) is 23.5. The van der Waals surface area contributed by atoms with Crippen molar-refractivity contribution in [3.05, 3.63) is 48.6 Å². The molecule has 8 nitrogen and oxygen atoms in total. The van der Waals surface area contributed by atoms with Crippen molar-refractivity contribution in [3.8, 4) is 0 Å². The van der Waals surface area contributed by atoms with E-state index < -0.39 is 36.4 Å². The quantitative estimate of drug-likeness (QED) is 0.110. The van der Waals surface area contributed by atoms with Crippen molar-refractivity contribution in [2.75, 3.05) is 0 Å². The average molecular weight is 578 g/mol. The van der Waals surface area contributed by atoms with Gasteiger partial charge in [0.25, 0.3) is 0 Å². The number of amides is 1. The molecule has 0 bridgehead atoms. The van der Waals surface area contributed by atoms with Crippen LogP contribution < -0.4 is 5.73 Å². The lowest BCUT2D eigenvalue weighted by molar-refractivity contribution is -0.177. The van der Waals surface area contributed by atoms with E-state index in [0.717, 1.165) is 5.57 Å². The Balaban J connectivity index is 2.69. The van der Waals surface area contributed by atoms with Gasteiger partial charge in [-0.1, -0.05) is 90.2 Å². The minimum Gasteiger partial charge on any atom is -0.462 e. The highest BCUT2D eigenvalue weighted by Crippen LogP contribution is 2.30. The maximum Gasteiger partial charge on any atom is 0.404 e. The number of carbonyl (C=O) groups excluding carboxylic acids is 2. The van der Waals surface area contributed by atoms with E-state index in [-0.39, 0.29) is 47.6 Å². The molecule has 0 spiro atoms. The largest absolute Gasteiger partial charge is 0.462 e. The summed E-state index contributed by atoms with van der Waals surface area (Å²) in [7, 11) is 0. The zero-order valence-corrected chi connectivity index (χ0v) is 26.3. The standard InChI is InChI=1S/C33H55NO7/c1-10-11-14-21(4)31(41-33(34)39)25(8)29(36)23(6)18-19(2)17-22(5)28(35)20(3)15-12-13-16-27-24(7)30(37)26(9)32(38)40-27/h10-12,14-15,17,20-31,35-37H,1,13,16,18H2,2-9H3,(H2,34,39)/t20-,21-,22-,23-,24-,25-,26+,27-,28-,29+,30-,31-/m0/s1. The fourth-order valence-electron chi connectivity index (χ4n) is 5.81. The number of carbonyl (C=O) groups is 2. The van der Waals surface area contributed by atoms with Crippen molar-refractivity contribution < 1.29 is 34.4 Å². The highest BCUT2D eigenvalue weighted by Gasteiger charge is 2.40. The number of allylic oxidation sites excluding steroid dienone is 4. The summed E-state index contributed by atoms with van der Waals surface area (Å²) < 4.78 is 10.9. The second-order valence-electron chi connectivity index (χ2n) is 12.3. The Morgan fingerprint density at radius 3 is 2.29 bits per heavy atom. The van der Waals surface area contributed by atoms with E-state index >= 15 is 0 Å². The van der Waals surface area contributed by atoms with Crippen molar-refractivity contribution in [3.63, 3.8) is 0 Å². The molecular weight excluding hydrogens is 522 g/mol. The average Bonchev–Trinajstić information content (AvgIpc) is 2.92. The van der Waals surface area contributed by atoms with Crippen LogP contribution in [0.5, 0.6) is 0 Å². The van der Waals surface area contributed by atoms with Gasteiger partial charge in [-0.15, -0.1) is 0 Å². The van der Waals surface area contributed by atoms with Gasteiger partial charge in [-0.05, 0) is 39.0 Å². The first-order valence-corrected chi connectivity index (χ1v) is 15.0. The number of cyclic esters (lactones) is 1. The Kier molecular flexibility index (Phi) is 15.6. The zero-order chi connectivity index (χ0) is 31.4. The fourth-order valence-corrected chi connectivity index (χ4v) is 5.81. The minimum atomic E-state index is -0.872. The lowest BCUT2D eigenvalue weighted by Crippen LogP contribution is -2.46. The highest BCUT2D eigenvalue weighted by atomic mass is 16.6. The molecule has 12 atom stereocenters. The zero-order valence-electron chi connectivity index (χ0n) is 26.3.